The molecule has 0 saturated heterocycles. The number of hydrogen-bond donors (Lipinski definition) is 0. The molecule has 0 fully saturated rings. The third-order valence-electron chi connectivity index (χ3n) is 1.76. The Hall–Kier alpha value is 0.415. The predicted octanol–water partition coefficient (Wildman–Crippen LogP) is 2.35. The maximum atomic E-state index is 2.44. The second kappa shape index (κ2) is 2.81. The molecule has 0 radical (unpaired) electrons. The third kappa shape index (κ3) is 1.44. The summed E-state index contributed by atoms with van der Waals surface area (Å²) in [5.41, 5.74) is 1.61. The third-order valence-corrected chi connectivity index (χ3v) is 9.13. The average molecular weight is 295 g/mol. The van der Waals surface area contributed by atoms with Crippen LogP contribution in [0.25, 0.3) is 0 Å². The monoisotopic (exact) mass is 296 g/mol. The van der Waals surface area contributed by atoms with E-state index in [1.165, 1.54) is 0 Å². The van der Waals surface area contributed by atoms with Crippen LogP contribution in [0.15, 0.2) is 21.3 Å². The predicted molar refractivity (Wildman–Crippen MR) is 32.3 cm³/mol. The van der Waals surface area contributed by atoms with Gasteiger partial charge in [-0.25, -0.2) is 0 Å². The zero-order chi connectivity index (χ0) is 5.98. The molecule has 1 heteroatoms. The molecule has 1 aliphatic rings. The first-order chi connectivity index (χ1) is 3.80. The van der Waals surface area contributed by atoms with Gasteiger partial charge in [0.2, 0.25) is 0 Å². The van der Waals surface area contributed by atoms with Gasteiger partial charge in [-0.05, 0) is 0 Å². The summed E-state index contributed by atoms with van der Waals surface area (Å²) in [6, 6.07) is 0. The van der Waals surface area contributed by atoms with Gasteiger partial charge >= 0.3 is 63.2 Å². The Kier molecular flexibility index (Phi) is 2.30. The molecule has 40 valence electrons. The SMILES string of the molecule is CC1=CC=[CH][Hg][CH]1C. The molecule has 1 aliphatic heterocycles. The van der Waals surface area contributed by atoms with Crippen molar-refractivity contribution in [1.29, 1.82) is 0 Å². The first-order valence-corrected chi connectivity index (χ1v) is 9.49. The minimum atomic E-state index is -0.516. The molecule has 8 heavy (non-hydrogen) atoms. The van der Waals surface area contributed by atoms with E-state index in [4.69, 9.17) is 0 Å². The summed E-state index contributed by atoms with van der Waals surface area (Å²) in [5.74, 6) is 0. The van der Waals surface area contributed by atoms with Crippen molar-refractivity contribution in [2.45, 2.75) is 17.3 Å². The summed E-state index contributed by atoms with van der Waals surface area (Å²) in [7, 11) is 0. The van der Waals surface area contributed by atoms with Crippen LogP contribution in [0, 0.1) is 0 Å². The Morgan fingerprint density at radius 2 is 2.38 bits per heavy atom. The molecule has 0 nitrogen and oxygen atoms in total. The van der Waals surface area contributed by atoms with E-state index in [0.29, 0.717) is 0 Å². The molecule has 0 N–H and O–H groups in total. The molecule has 0 aromatic heterocycles. The van der Waals surface area contributed by atoms with Crippen molar-refractivity contribution in [2.24, 2.45) is 0 Å². The van der Waals surface area contributed by atoms with Gasteiger partial charge in [-0.3, -0.25) is 0 Å². The van der Waals surface area contributed by atoms with E-state index in [1.54, 1.807) is 5.57 Å². The van der Waals surface area contributed by atoms with Crippen molar-refractivity contribution in [3.05, 3.63) is 21.3 Å². The first kappa shape index (κ1) is 6.53. The molecule has 0 aromatic carbocycles. The van der Waals surface area contributed by atoms with Crippen molar-refractivity contribution in [2.75, 3.05) is 0 Å². The average Bonchev–Trinajstić information content (AvgIpc) is 1.77. The van der Waals surface area contributed by atoms with E-state index in [9.17, 15) is 0 Å². The first-order valence-electron chi connectivity index (χ1n) is 3.14. The van der Waals surface area contributed by atoms with Crippen molar-refractivity contribution in [3.8, 4) is 0 Å². The van der Waals surface area contributed by atoms with E-state index >= 15 is 0 Å². The van der Waals surface area contributed by atoms with Crippen LogP contribution < -0.4 is 0 Å². The quantitative estimate of drug-likeness (QED) is 0.602. The standard InChI is InChI=1S/C7H10.Hg/c1-4-6-7(3)5-2;/h1,4-6H,2-3H3;. The zero-order valence-electron chi connectivity index (χ0n) is 5.52. The Bertz CT molecular complexity index is 133. The van der Waals surface area contributed by atoms with Crippen LogP contribution in [0.4, 0.5) is 0 Å². The van der Waals surface area contributed by atoms with Crippen LogP contribution in [0.2, 0.25) is 3.43 Å². The second-order valence-corrected chi connectivity index (χ2v) is 10.9. The molecule has 0 amide bonds. The summed E-state index contributed by atoms with van der Waals surface area (Å²) >= 11 is -0.516. The molecule has 0 spiro atoms. The topological polar surface area (TPSA) is 0 Å². The molecule has 1 heterocycles. The molecule has 0 aliphatic carbocycles. The van der Waals surface area contributed by atoms with Gasteiger partial charge in [-0.15, -0.1) is 0 Å². The molecule has 1 rings (SSSR count). The van der Waals surface area contributed by atoms with Crippen LogP contribution in [0.3, 0.4) is 0 Å². The van der Waals surface area contributed by atoms with Gasteiger partial charge in [0.15, 0.2) is 0 Å². The molecule has 0 aromatic rings. The van der Waals surface area contributed by atoms with Gasteiger partial charge in [0, 0.05) is 0 Å². The van der Waals surface area contributed by atoms with Crippen LogP contribution in [0.5, 0.6) is 0 Å². The molecule has 1 atom stereocenters. The van der Waals surface area contributed by atoms with E-state index in [1.807, 2.05) is 0 Å². The van der Waals surface area contributed by atoms with Crippen molar-refractivity contribution in [3.63, 3.8) is 0 Å². The van der Waals surface area contributed by atoms with Crippen LogP contribution >= 0.6 is 0 Å². The van der Waals surface area contributed by atoms with Gasteiger partial charge in [-0.1, -0.05) is 0 Å². The summed E-state index contributed by atoms with van der Waals surface area (Å²) in [6.07, 6.45) is 4.48. The Labute approximate surface area is 63.1 Å². The maximum absolute atomic E-state index is 2.44. The molecule has 0 saturated carbocycles. The minimum absolute atomic E-state index is 0.516. The Morgan fingerprint density at radius 1 is 1.62 bits per heavy atom. The number of hydrogen-bond acceptors (Lipinski definition) is 0. The summed E-state index contributed by atoms with van der Waals surface area (Å²) < 4.78 is 3.44. The van der Waals surface area contributed by atoms with E-state index < -0.39 is 24.6 Å². The summed E-state index contributed by atoms with van der Waals surface area (Å²) in [4.78, 5) is 0. The number of allylic oxidation sites excluding steroid dienone is 3. The number of rotatable bonds is 0. The Morgan fingerprint density at radius 3 is 2.75 bits per heavy atom. The molecule has 0 bridgehead atoms. The van der Waals surface area contributed by atoms with Gasteiger partial charge in [0.25, 0.3) is 0 Å². The summed E-state index contributed by atoms with van der Waals surface area (Å²) in [5, 5.41) is 0. The Balaban J connectivity index is 2.66. The van der Waals surface area contributed by atoms with E-state index in [-0.39, 0.29) is 0 Å². The van der Waals surface area contributed by atoms with Crippen molar-refractivity contribution < 1.29 is 24.6 Å². The van der Waals surface area contributed by atoms with Gasteiger partial charge < -0.3 is 0 Å². The van der Waals surface area contributed by atoms with Gasteiger partial charge in [0.05, 0.1) is 0 Å². The van der Waals surface area contributed by atoms with Crippen LogP contribution in [-0.2, 0) is 24.6 Å². The summed E-state index contributed by atoms with van der Waals surface area (Å²) in [6.45, 7) is 4.60. The second-order valence-electron chi connectivity index (χ2n) is 2.48. The fourth-order valence-corrected chi connectivity index (χ4v) is 5.55. The fraction of sp³-hybridized carbons (Fsp3) is 0.429. The van der Waals surface area contributed by atoms with E-state index in [2.05, 4.69) is 29.6 Å². The zero-order valence-corrected chi connectivity index (χ0v) is 11.0. The van der Waals surface area contributed by atoms with E-state index in [0.717, 1.165) is 3.43 Å². The molecular weight excluding hydrogens is 285 g/mol. The normalized spacial score (nSPS) is 25.8. The molecule has 1 unspecified atom stereocenters. The van der Waals surface area contributed by atoms with Crippen LogP contribution in [-0.4, -0.2) is 0 Å². The van der Waals surface area contributed by atoms with Crippen molar-refractivity contribution in [1.82, 2.24) is 0 Å². The fourth-order valence-electron chi connectivity index (χ4n) is 0.853. The van der Waals surface area contributed by atoms with Crippen LogP contribution in [0.1, 0.15) is 13.8 Å². The van der Waals surface area contributed by atoms with Crippen molar-refractivity contribution >= 4 is 0 Å². The van der Waals surface area contributed by atoms with Gasteiger partial charge in [-0.2, -0.15) is 0 Å². The van der Waals surface area contributed by atoms with Gasteiger partial charge in [0.1, 0.15) is 0 Å². The molecular formula is C7H10Hg.